The Morgan fingerprint density at radius 3 is 1.97 bits per heavy atom. The van der Waals surface area contributed by atoms with Gasteiger partial charge in [-0.2, -0.15) is 0 Å². The third-order valence-electron chi connectivity index (χ3n) is 4.40. The van der Waals surface area contributed by atoms with Gasteiger partial charge in [0.15, 0.2) is 8.37 Å². The van der Waals surface area contributed by atoms with Crippen LogP contribution < -0.4 is 0 Å². The van der Waals surface area contributed by atoms with Gasteiger partial charge in [0.25, 0.3) is 0 Å². The van der Waals surface area contributed by atoms with Gasteiger partial charge < -0.3 is 0 Å². The van der Waals surface area contributed by atoms with Gasteiger partial charge in [-0.25, -0.2) is 9.76 Å². The van der Waals surface area contributed by atoms with Crippen LogP contribution in [0.4, 0.5) is 5.69 Å². The molecule has 0 aliphatic carbocycles. The molecule has 0 saturated carbocycles. The van der Waals surface area contributed by atoms with Crippen molar-refractivity contribution in [3.63, 3.8) is 0 Å². The normalized spacial score (nSPS) is 15.0. The maximum atomic E-state index is 4.90. The van der Waals surface area contributed by atoms with Gasteiger partial charge in [-0.05, 0) is 73.9 Å². The van der Waals surface area contributed by atoms with E-state index in [0.717, 1.165) is 34.9 Å². The van der Waals surface area contributed by atoms with Crippen LogP contribution in [-0.4, -0.2) is 54.7 Å². The van der Waals surface area contributed by atoms with Crippen molar-refractivity contribution in [2.45, 2.75) is 41.0 Å². The molecule has 0 aromatic heterocycles. The van der Waals surface area contributed by atoms with Gasteiger partial charge in [0, 0.05) is 6.42 Å². The molecule has 1 aromatic carbocycles. The van der Waals surface area contributed by atoms with E-state index >= 15 is 0 Å². The molecule has 30 heavy (non-hydrogen) atoms. The molecule has 0 atom stereocenters. The number of aryl methyl sites for hydroxylation is 3. The second-order valence-corrected chi connectivity index (χ2v) is 11.7. The molecule has 0 bridgehead atoms. The molecule has 0 fully saturated rings. The van der Waals surface area contributed by atoms with Crippen LogP contribution in [0.3, 0.4) is 0 Å². The summed E-state index contributed by atoms with van der Waals surface area (Å²) in [5.41, 5.74) is 8.68. The molecule has 5 nitrogen and oxygen atoms in total. The molecule has 1 aliphatic rings. The molecular weight excluding hydrogens is 480 g/mol. The first-order valence-corrected chi connectivity index (χ1v) is 13.7. The molecule has 0 amide bonds. The van der Waals surface area contributed by atoms with Gasteiger partial charge in [0.1, 0.15) is 0 Å². The number of nitrogens with zero attached hydrogens (tertiary/aromatic N) is 5. The van der Waals surface area contributed by atoms with Gasteiger partial charge in [-0.3, -0.25) is 14.3 Å². The Labute approximate surface area is 197 Å². The monoisotopic (exact) mass is 511 g/mol. The summed E-state index contributed by atoms with van der Waals surface area (Å²) in [6.07, 6.45) is 2.97. The van der Waals surface area contributed by atoms with Crippen molar-refractivity contribution < 1.29 is 13.1 Å². The summed E-state index contributed by atoms with van der Waals surface area (Å²) in [5.74, 6) is 0. The average Bonchev–Trinajstić information content (AvgIpc) is 3.12. The number of hydrogen-bond donors (Lipinski definition) is 0. The minimum atomic E-state index is -0.695. The van der Waals surface area contributed by atoms with Gasteiger partial charge in [0.2, 0.25) is 0 Å². The van der Waals surface area contributed by atoms with Crippen LogP contribution in [0.5, 0.6) is 0 Å². The Kier molecular flexibility index (Phi) is 12.0. The number of rotatable bonds is 6. The van der Waals surface area contributed by atoms with Crippen molar-refractivity contribution in [2.75, 3.05) is 28.2 Å². The van der Waals surface area contributed by atoms with Crippen molar-refractivity contribution in [1.29, 1.82) is 0 Å². The van der Waals surface area contributed by atoms with Gasteiger partial charge in [-0.1, -0.05) is 23.8 Å². The summed E-state index contributed by atoms with van der Waals surface area (Å²) in [5, 5.41) is 0. The Bertz CT molecular complexity index is 832. The SMILES string of the molecule is CC(=Nc1c(C)cc(C)cc1C)C1=CCC(/C(C)=N/P(N(C)C)N(C)C)=N1.[Cl][Fe][Cl]. The average molecular weight is 512 g/mol. The first-order chi connectivity index (χ1) is 14.0. The third-order valence-corrected chi connectivity index (χ3v) is 6.31. The van der Waals surface area contributed by atoms with Gasteiger partial charge in [0.05, 0.1) is 28.5 Å². The van der Waals surface area contributed by atoms with Crippen molar-refractivity contribution in [2.24, 2.45) is 14.7 Å². The van der Waals surface area contributed by atoms with Crippen molar-refractivity contribution in [1.82, 2.24) is 9.34 Å². The molecule has 1 heterocycles. The first kappa shape index (κ1) is 27.5. The Morgan fingerprint density at radius 1 is 1.00 bits per heavy atom. The Morgan fingerprint density at radius 2 is 1.50 bits per heavy atom. The summed E-state index contributed by atoms with van der Waals surface area (Å²) >= 11 is 0.194. The van der Waals surface area contributed by atoms with Crippen LogP contribution in [0.15, 0.2) is 38.7 Å². The van der Waals surface area contributed by atoms with Crippen molar-refractivity contribution in [3.8, 4) is 0 Å². The van der Waals surface area contributed by atoms with E-state index in [9.17, 15) is 0 Å². The molecule has 1 aromatic rings. The van der Waals surface area contributed by atoms with E-state index < -0.39 is 8.37 Å². The second-order valence-electron chi connectivity index (χ2n) is 7.50. The fourth-order valence-electron chi connectivity index (χ4n) is 3.19. The summed E-state index contributed by atoms with van der Waals surface area (Å²) in [7, 11) is 17.1. The number of allylic oxidation sites excluding steroid dienone is 2. The topological polar surface area (TPSA) is 43.6 Å². The molecule has 1 aliphatic heterocycles. The van der Waals surface area contributed by atoms with E-state index in [4.69, 9.17) is 34.9 Å². The summed E-state index contributed by atoms with van der Waals surface area (Å²) in [4.78, 5) is 9.70. The zero-order valence-corrected chi connectivity index (χ0v) is 22.7. The first-order valence-electron chi connectivity index (χ1n) is 9.48. The zero-order chi connectivity index (χ0) is 23.0. The van der Waals surface area contributed by atoms with E-state index in [0.29, 0.717) is 0 Å². The van der Waals surface area contributed by atoms with E-state index in [-0.39, 0.29) is 13.1 Å². The quantitative estimate of drug-likeness (QED) is 0.244. The number of benzene rings is 1. The van der Waals surface area contributed by atoms with Crippen molar-refractivity contribution in [3.05, 3.63) is 40.6 Å². The van der Waals surface area contributed by atoms with Crippen molar-refractivity contribution >= 4 is 51.4 Å². The van der Waals surface area contributed by atoms with E-state index in [2.05, 4.69) is 83.4 Å². The molecule has 0 unspecified atom stereocenters. The fraction of sp³-hybridized carbons (Fsp3) is 0.476. The predicted molar refractivity (Wildman–Crippen MR) is 133 cm³/mol. The molecule has 0 saturated heterocycles. The van der Waals surface area contributed by atoms with Gasteiger partial charge in [-0.15, -0.1) is 0 Å². The Balaban J connectivity index is 0.00000141. The second kappa shape index (κ2) is 13.1. The number of hydrogen-bond acceptors (Lipinski definition) is 5. The van der Waals surface area contributed by atoms with Crippen LogP contribution in [0.2, 0.25) is 0 Å². The molecular formula is C21H32Cl2FeN5P. The van der Waals surface area contributed by atoms with Gasteiger partial charge >= 0.3 is 33.3 Å². The molecule has 168 valence electrons. The third kappa shape index (κ3) is 8.16. The summed E-state index contributed by atoms with van der Waals surface area (Å²) < 4.78 is 9.20. The molecule has 2 rings (SSSR count). The number of aliphatic imine (C=N–C) groups is 2. The van der Waals surface area contributed by atoms with Crippen LogP contribution in [0.1, 0.15) is 37.0 Å². The minimum absolute atomic E-state index is 0.194. The van der Waals surface area contributed by atoms with Crippen LogP contribution >= 0.6 is 28.6 Å². The summed E-state index contributed by atoms with van der Waals surface area (Å²) in [6.45, 7) is 10.4. The summed E-state index contributed by atoms with van der Waals surface area (Å²) in [6, 6.07) is 4.36. The molecule has 9 heteroatoms. The zero-order valence-electron chi connectivity index (χ0n) is 19.2. The van der Waals surface area contributed by atoms with Crippen LogP contribution in [0, 0.1) is 20.8 Å². The standard InChI is InChI=1S/C21H32N5P.2ClH.Fe/c1-14-12-15(2)21(16(3)13-14)22-17(4)19-10-11-20(23-19)18(5)24-27(25(6)7)26(8)9;;;/h10,12-13H,11H2,1-9H3;2*1H;/q;;;+2/p-2/b22-17?,24-18+;;;. The molecule has 0 spiro atoms. The van der Waals surface area contributed by atoms with Crippen LogP contribution in [0.25, 0.3) is 0 Å². The van der Waals surface area contributed by atoms with Crippen LogP contribution in [-0.2, 0) is 13.1 Å². The maximum absolute atomic E-state index is 4.90. The fourth-order valence-corrected chi connectivity index (χ4v) is 4.65. The van der Waals surface area contributed by atoms with E-state index in [1.54, 1.807) is 0 Å². The molecule has 0 radical (unpaired) electrons. The van der Waals surface area contributed by atoms with E-state index in [1.165, 1.54) is 16.7 Å². The predicted octanol–water partition coefficient (Wildman–Crippen LogP) is 6.62. The molecule has 0 N–H and O–H groups in total. The number of halogens is 2. The van der Waals surface area contributed by atoms with E-state index in [1.807, 2.05) is 6.92 Å². The Hall–Kier alpha value is -0.581.